The highest BCUT2D eigenvalue weighted by Gasteiger charge is 2.18. The van der Waals surface area contributed by atoms with Gasteiger partial charge in [0, 0.05) is 16.9 Å². The second kappa shape index (κ2) is 9.97. The van der Waals surface area contributed by atoms with E-state index >= 15 is 0 Å². The van der Waals surface area contributed by atoms with E-state index in [4.69, 9.17) is 5.73 Å². The zero-order chi connectivity index (χ0) is 18.9. The van der Waals surface area contributed by atoms with E-state index < -0.39 is 12.1 Å². The molecule has 2 aromatic carbocycles. The van der Waals surface area contributed by atoms with Crippen LogP contribution in [0.25, 0.3) is 0 Å². The van der Waals surface area contributed by atoms with Crippen molar-refractivity contribution in [2.24, 2.45) is 5.73 Å². The monoisotopic (exact) mass is 417 g/mol. The molecule has 5 nitrogen and oxygen atoms in total. The number of nitrogens with two attached hydrogens (primary N) is 1. The van der Waals surface area contributed by atoms with Crippen molar-refractivity contribution in [1.29, 1.82) is 0 Å². The molecule has 0 bridgehead atoms. The number of halogens is 1. The molecular weight excluding hydrogens is 394 g/mol. The maximum absolute atomic E-state index is 12.4. The van der Waals surface area contributed by atoms with Crippen molar-refractivity contribution >= 4 is 27.9 Å². The zero-order valence-electron chi connectivity index (χ0n) is 14.7. The van der Waals surface area contributed by atoms with Gasteiger partial charge in [-0.1, -0.05) is 65.3 Å². The van der Waals surface area contributed by atoms with Gasteiger partial charge in [-0.25, -0.2) is 4.79 Å². The molecule has 0 aliphatic carbocycles. The number of primary amides is 1. The number of hydrogen-bond acceptors (Lipinski definition) is 2. The van der Waals surface area contributed by atoms with Crippen molar-refractivity contribution in [2.45, 2.75) is 31.7 Å². The molecule has 0 unspecified atom stereocenters. The number of carbonyl (C=O) groups excluding carboxylic acids is 2. The summed E-state index contributed by atoms with van der Waals surface area (Å²) in [5.41, 5.74) is 7.30. The highest BCUT2D eigenvalue weighted by Crippen LogP contribution is 2.21. The fraction of sp³-hybridized carbons (Fsp3) is 0.300. The summed E-state index contributed by atoms with van der Waals surface area (Å²) in [6.45, 7) is 2.66. The first-order valence-corrected chi connectivity index (χ1v) is 9.42. The highest BCUT2D eigenvalue weighted by atomic mass is 79.9. The topological polar surface area (TPSA) is 84.2 Å². The minimum absolute atomic E-state index is 0.124. The largest absolute Gasteiger partial charge is 0.355 e. The van der Waals surface area contributed by atoms with Crippen molar-refractivity contribution in [3.05, 3.63) is 70.2 Å². The van der Waals surface area contributed by atoms with Gasteiger partial charge in [-0.05, 0) is 29.7 Å². The molecule has 0 saturated carbocycles. The SMILES string of the molecule is CC[C@@H](CNC(=O)C[C@@H](NC(N)=O)c1ccc(Br)cc1)c1ccccc1. The van der Waals surface area contributed by atoms with E-state index in [1.807, 2.05) is 42.5 Å². The molecule has 2 rings (SSSR count). The van der Waals surface area contributed by atoms with Gasteiger partial charge in [0.1, 0.15) is 0 Å². The molecule has 0 heterocycles. The molecule has 0 spiro atoms. The van der Waals surface area contributed by atoms with Gasteiger partial charge in [0.05, 0.1) is 12.5 Å². The molecule has 2 aromatic rings. The van der Waals surface area contributed by atoms with Crippen molar-refractivity contribution in [1.82, 2.24) is 10.6 Å². The standard InChI is InChI=1S/C20H24BrN3O2/c1-2-14(15-6-4-3-5-7-15)13-23-19(25)12-18(24-20(22)26)16-8-10-17(21)11-9-16/h3-11,14,18H,2,12-13H2,1H3,(H,23,25)(H3,22,24,26)/t14-,18+/m0/s1. The van der Waals surface area contributed by atoms with E-state index in [1.165, 1.54) is 5.56 Å². The number of carbonyl (C=O) groups is 2. The molecule has 0 fully saturated rings. The fourth-order valence-electron chi connectivity index (χ4n) is 2.84. The van der Waals surface area contributed by atoms with Crippen LogP contribution in [0, 0.1) is 0 Å². The molecule has 0 radical (unpaired) electrons. The molecular formula is C20H24BrN3O2. The third-order valence-corrected chi connectivity index (χ3v) is 4.82. The number of amides is 3. The number of benzene rings is 2. The lowest BCUT2D eigenvalue weighted by Gasteiger charge is -2.20. The summed E-state index contributed by atoms with van der Waals surface area (Å²) in [6, 6.07) is 16.5. The number of nitrogens with one attached hydrogen (secondary N) is 2. The Bertz CT molecular complexity index is 720. The van der Waals surface area contributed by atoms with Crippen molar-refractivity contribution in [3.8, 4) is 0 Å². The van der Waals surface area contributed by atoms with Gasteiger partial charge in [0.2, 0.25) is 5.91 Å². The molecule has 2 atom stereocenters. The average Bonchev–Trinajstić information content (AvgIpc) is 2.63. The first-order valence-electron chi connectivity index (χ1n) is 8.62. The van der Waals surface area contributed by atoms with Gasteiger partial charge in [0.15, 0.2) is 0 Å². The lowest BCUT2D eigenvalue weighted by molar-refractivity contribution is -0.121. The normalized spacial score (nSPS) is 12.8. The molecule has 4 N–H and O–H groups in total. The second-order valence-corrected chi connectivity index (χ2v) is 7.05. The van der Waals surface area contributed by atoms with Crippen LogP contribution in [0.15, 0.2) is 59.1 Å². The first-order chi connectivity index (χ1) is 12.5. The molecule has 0 aliphatic rings. The Morgan fingerprint density at radius 3 is 2.27 bits per heavy atom. The number of urea groups is 1. The van der Waals surface area contributed by atoms with Gasteiger partial charge in [0.25, 0.3) is 0 Å². The number of hydrogen-bond donors (Lipinski definition) is 3. The summed E-state index contributed by atoms with van der Waals surface area (Å²) in [7, 11) is 0. The van der Waals surface area contributed by atoms with E-state index in [0.717, 1.165) is 16.5 Å². The van der Waals surface area contributed by atoms with Crippen molar-refractivity contribution < 1.29 is 9.59 Å². The predicted molar refractivity (Wildman–Crippen MR) is 107 cm³/mol. The van der Waals surface area contributed by atoms with Crippen LogP contribution in [0.5, 0.6) is 0 Å². The van der Waals surface area contributed by atoms with Crippen LogP contribution in [0.4, 0.5) is 4.79 Å². The molecule has 0 saturated heterocycles. The lowest BCUT2D eigenvalue weighted by Crippen LogP contribution is -2.37. The first kappa shape index (κ1) is 20.0. The van der Waals surface area contributed by atoms with Crippen LogP contribution in [0.2, 0.25) is 0 Å². The van der Waals surface area contributed by atoms with E-state index in [9.17, 15) is 9.59 Å². The Labute approximate surface area is 162 Å². The van der Waals surface area contributed by atoms with Crippen molar-refractivity contribution in [2.75, 3.05) is 6.54 Å². The van der Waals surface area contributed by atoms with Crippen LogP contribution < -0.4 is 16.4 Å². The van der Waals surface area contributed by atoms with Crippen LogP contribution in [0.3, 0.4) is 0 Å². The van der Waals surface area contributed by atoms with Crippen LogP contribution >= 0.6 is 15.9 Å². The van der Waals surface area contributed by atoms with Gasteiger partial charge < -0.3 is 16.4 Å². The molecule has 138 valence electrons. The van der Waals surface area contributed by atoms with Crippen molar-refractivity contribution in [3.63, 3.8) is 0 Å². The quantitative estimate of drug-likeness (QED) is 0.608. The average molecular weight is 418 g/mol. The fourth-order valence-corrected chi connectivity index (χ4v) is 3.10. The maximum Gasteiger partial charge on any atom is 0.312 e. The van der Waals surface area contributed by atoms with Crippen LogP contribution in [-0.2, 0) is 4.79 Å². The second-order valence-electron chi connectivity index (χ2n) is 6.14. The predicted octanol–water partition coefficient (Wildman–Crippen LogP) is 3.86. The molecule has 26 heavy (non-hydrogen) atoms. The summed E-state index contributed by atoms with van der Waals surface area (Å²) in [5.74, 6) is 0.136. The minimum Gasteiger partial charge on any atom is -0.355 e. The molecule has 3 amide bonds. The van der Waals surface area contributed by atoms with Crippen LogP contribution in [-0.4, -0.2) is 18.5 Å². The van der Waals surface area contributed by atoms with Gasteiger partial charge >= 0.3 is 6.03 Å². The summed E-state index contributed by atoms with van der Waals surface area (Å²) in [6.07, 6.45) is 1.07. The van der Waals surface area contributed by atoms with Crippen LogP contribution in [0.1, 0.15) is 42.9 Å². The van der Waals surface area contributed by atoms with Gasteiger partial charge in [-0.2, -0.15) is 0 Å². The Balaban J connectivity index is 1.98. The zero-order valence-corrected chi connectivity index (χ0v) is 16.3. The Kier molecular flexibility index (Phi) is 7.66. The van der Waals surface area contributed by atoms with E-state index in [-0.39, 0.29) is 18.2 Å². The van der Waals surface area contributed by atoms with E-state index in [0.29, 0.717) is 6.54 Å². The maximum atomic E-state index is 12.4. The van der Waals surface area contributed by atoms with Gasteiger partial charge in [-0.3, -0.25) is 4.79 Å². The molecule has 0 aliphatic heterocycles. The summed E-state index contributed by atoms with van der Waals surface area (Å²) in [4.78, 5) is 23.7. The minimum atomic E-state index is -0.651. The smallest absolute Gasteiger partial charge is 0.312 e. The van der Waals surface area contributed by atoms with E-state index in [2.05, 4.69) is 45.6 Å². The molecule has 6 heteroatoms. The lowest BCUT2D eigenvalue weighted by atomic mass is 9.96. The van der Waals surface area contributed by atoms with Gasteiger partial charge in [-0.15, -0.1) is 0 Å². The molecule has 0 aromatic heterocycles. The third-order valence-electron chi connectivity index (χ3n) is 4.29. The third kappa shape index (κ3) is 6.19. The van der Waals surface area contributed by atoms with E-state index in [1.54, 1.807) is 0 Å². The Hall–Kier alpha value is -2.34. The summed E-state index contributed by atoms with van der Waals surface area (Å²) in [5, 5.41) is 5.62. The Morgan fingerprint density at radius 1 is 1.04 bits per heavy atom. The number of rotatable bonds is 8. The Morgan fingerprint density at radius 2 is 1.69 bits per heavy atom. The highest BCUT2D eigenvalue weighted by molar-refractivity contribution is 9.10. The summed E-state index contributed by atoms with van der Waals surface area (Å²) >= 11 is 3.38. The summed E-state index contributed by atoms with van der Waals surface area (Å²) < 4.78 is 0.928.